The standard InChI is InChI=1S/C13H23N5/c1-11-12(9-14-2)10-15-13(16-11)18-6-4-5-17(3)7-8-18/h10,14H,4-9H2,1-3H3. The number of nitrogens with one attached hydrogen (secondary N) is 1. The SMILES string of the molecule is CNCc1cnc(N2CCCN(C)CC2)nc1C. The average molecular weight is 249 g/mol. The van der Waals surface area contributed by atoms with Crippen molar-refractivity contribution in [2.75, 3.05) is 45.2 Å². The van der Waals surface area contributed by atoms with Crippen molar-refractivity contribution in [3.8, 4) is 0 Å². The van der Waals surface area contributed by atoms with Crippen LogP contribution in [0.15, 0.2) is 6.20 Å². The van der Waals surface area contributed by atoms with Crippen LogP contribution in [0.4, 0.5) is 5.95 Å². The van der Waals surface area contributed by atoms with Crippen LogP contribution in [-0.4, -0.2) is 55.1 Å². The number of anilines is 1. The van der Waals surface area contributed by atoms with E-state index < -0.39 is 0 Å². The fourth-order valence-electron chi connectivity index (χ4n) is 2.24. The Labute approximate surface area is 109 Å². The highest BCUT2D eigenvalue weighted by atomic mass is 15.3. The maximum atomic E-state index is 4.64. The number of hydrogen-bond acceptors (Lipinski definition) is 5. The fraction of sp³-hybridized carbons (Fsp3) is 0.692. The van der Waals surface area contributed by atoms with E-state index in [-0.39, 0.29) is 0 Å². The number of nitrogens with zero attached hydrogens (tertiary/aromatic N) is 4. The van der Waals surface area contributed by atoms with Gasteiger partial charge in [0.1, 0.15) is 0 Å². The van der Waals surface area contributed by atoms with Gasteiger partial charge < -0.3 is 15.1 Å². The van der Waals surface area contributed by atoms with Crippen LogP contribution in [0.2, 0.25) is 0 Å². The molecular formula is C13H23N5. The largest absolute Gasteiger partial charge is 0.339 e. The normalized spacial score (nSPS) is 17.8. The molecule has 1 N–H and O–H groups in total. The molecule has 18 heavy (non-hydrogen) atoms. The summed E-state index contributed by atoms with van der Waals surface area (Å²) in [5.74, 6) is 0.877. The molecule has 0 bridgehead atoms. The molecule has 5 heteroatoms. The molecule has 0 saturated carbocycles. The van der Waals surface area contributed by atoms with Crippen LogP contribution in [-0.2, 0) is 6.54 Å². The zero-order valence-corrected chi connectivity index (χ0v) is 11.6. The molecule has 0 spiro atoms. The van der Waals surface area contributed by atoms with Gasteiger partial charge in [0.15, 0.2) is 0 Å². The van der Waals surface area contributed by atoms with Crippen molar-refractivity contribution in [1.29, 1.82) is 0 Å². The Morgan fingerprint density at radius 3 is 2.83 bits per heavy atom. The van der Waals surface area contributed by atoms with Gasteiger partial charge in [0.2, 0.25) is 5.95 Å². The molecule has 0 aliphatic carbocycles. The highest BCUT2D eigenvalue weighted by molar-refractivity contribution is 5.33. The highest BCUT2D eigenvalue weighted by Gasteiger charge is 2.15. The molecule has 0 amide bonds. The van der Waals surface area contributed by atoms with E-state index in [0.29, 0.717) is 0 Å². The van der Waals surface area contributed by atoms with E-state index in [1.165, 1.54) is 12.0 Å². The maximum absolute atomic E-state index is 4.64. The van der Waals surface area contributed by atoms with Crippen molar-refractivity contribution in [2.45, 2.75) is 19.9 Å². The first kappa shape index (κ1) is 13.2. The quantitative estimate of drug-likeness (QED) is 0.852. The predicted octanol–water partition coefficient (Wildman–Crippen LogP) is 0.646. The molecule has 5 nitrogen and oxygen atoms in total. The zero-order chi connectivity index (χ0) is 13.0. The minimum absolute atomic E-state index is 0.828. The summed E-state index contributed by atoms with van der Waals surface area (Å²) in [5, 5.41) is 3.14. The fourth-order valence-corrected chi connectivity index (χ4v) is 2.24. The van der Waals surface area contributed by atoms with Crippen LogP contribution in [0.1, 0.15) is 17.7 Å². The Hall–Kier alpha value is -1.20. The molecule has 0 radical (unpaired) electrons. The van der Waals surface area contributed by atoms with Gasteiger partial charge in [-0.3, -0.25) is 0 Å². The number of hydrogen-bond donors (Lipinski definition) is 1. The van der Waals surface area contributed by atoms with E-state index in [4.69, 9.17) is 0 Å². The van der Waals surface area contributed by atoms with E-state index in [1.807, 2.05) is 13.2 Å². The van der Waals surface area contributed by atoms with Crippen molar-refractivity contribution in [3.05, 3.63) is 17.5 Å². The summed E-state index contributed by atoms with van der Waals surface area (Å²) in [6.45, 7) is 7.20. The monoisotopic (exact) mass is 249 g/mol. The van der Waals surface area contributed by atoms with E-state index in [9.17, 15) is 0 Å². The zero-order valence-electron chi connectivity index (χ0n) is 11.6. The van der Waals surface area contributed by atoms with Gasteiger partial charge in [-0.05, 0) is 34.0 Å². The first-order chi connectivity index (χ1) is 8.70. The predicted molar refractivity (Wildman–Crippen MR) is 73.9 cm³/mol. The molecular weight excluding hydrogens is 226 g/mol. The lowest BCUT2D eigenvalue weighted by atomic mass is 10.2. The van der Waals surface area contributed by atoms with Crippen LogP contribution >= 0.6 is 0 Å². The second kappa shape index (κ2) is 6.11. The summed E-state index contributed by atoms with van der Waals surface area (Å²) in [6.07, 6.45) is 3.12. The third-order valence-electron chi connectivity index (χ3n) is 3.44. The van der Waals surface area contributed by atoms with Gasteiger partial charge in [0, 0.05) is 43.6 Å². The Bertz CT molecular complexity index is 393. The van der Waals surface area contributed by atoms with Crippen LogP contribution in [0.5, 0.6) is 0 Å². The molecule has 0 aromatic carbocycles. The molecule has 100 valence electrons. The number of aryl methyl sites for hydroxylation is 1. The van der Waals surface area contributed by atoms with Gasteiger partial charge in [-0.25, -0.2) is 9.97 Å². The lowest BCUT2D eigenvalue weighted by Gasteiger charge is -2.21. The summed E-state index contributed by atoms with van der Waals surface area (Å²) in [6, 6.07) is 0. The van der Waals surface area contributed by atoms with Crippen molar-refractivity contribution in [3.63, 3.8) is 0 Å². The molecule has 1 fully saturated rings. The summed E-state index contributed by atoms with van der Waals surface area (Å²) in [7, 11) is 4.11. The summed E-state index contributed by atoms with van der Waals surface area (Å²) >= 11 is 0. The highest BCUT2D eigenvalue weighted by Crippen LogP contribution is 2.13. The third kappa shape index (κ3) is 3.17. The Morgan fingerprint density at radius 2 is 2.11 bits per heavy atom. The lowest BCUT2D eigenvalue weighted by Crippen LogP contribution is -2.30. The Balaban J connectivity index is 2.10. The van der Waals surface area contributed by atoms with Gasteiger partial charge in [-0.1, -0.05) is 0 Å². The maximum Gasteiger partial charge on any atom is 0.225 e. The molecule has 2 rings (SSSR count). The van der Waals surface area contributed by atoms with E-state index in [1.54, 1.807) is 0 Å². The van der Waals surface area contributed by atoms with Crippen molar-refractivity contribution in [2.24, 2.45) is 0 Å². The second-order valence-electron chi connectivity index (χ2n) is 4.95. The summed E-state index contributed by atoms with van der Waals surface area (Å²) < 4.78 is 0. The molecule has 0 unspecified atom stereocenters. The molecule has 2 heterocycles. The molecule has 1 saturated heterocycles. The van der Waals surface area contributed by atoms with Crippen LogP contribution < -0.4 is 10.2 Å². The summed E-state index contributed by atoms with van der Waals surface area (Å²) in [5.41, 5.74) is 2.25. The summed E-state index contributed by atoms with van der Waals surface area (Å²) in [4.78, 5) is 13.8. The van der Waals surface area contributed by atoms with E-state index >= 15 is 0 Å². The molecule has 1 aromatic rings. The number of aromatic nitrogens is 2. The number of likely N-dealkylation sites (N-methyl/N-ethyl adjacent to an activating group) is 1. The first-order valence-electron chi connectivity index (χ1n) is 6.61. The van der Waals surface area contributed by atoms with E-state index in [2.05, 4.69) is 39.1 Å². The third-order valence-corrected chi connectivity index (χ3v) is 3.44. The first-order valence-corrected chi connectivity index (χ1v) is 6.61. The van der Waals surface area contributed by atoms with E-state index in [0.717, 1.165) is 44.4 Å². The van der Waals surface area contributed by atoms with Crippen molar-refractivity contribution < 1.29 is 0 Å². The number of rotatable bonds is 3. The molecule has 1 aromatic heterocycles. The van der Waals surface area contributed by atoms with Gasteiger partial charge in [-0.15, -0.1) is 0 Å². The van der Waals surface area contributed by atoms with Crippen LogP contribution in [0.25, 0.3) is 0 Å². The van der Waals surface area contributed by atoms with Gasteiger partial charge in [0.25, 0.3) is 0 Å². The minimum Gasteiger partial charge on any atom is -0.339 e. The smallest absolute Gasteiger partial charge is 0.225 e. The lowest BCUT2D eigenvalue weighted by molar-refractivity contribution is 0.360. The second-order valence-corrected chi connectivity index (χ2v) is 4.95. The van der Waals surface area contributed by atoms with Crippen LogP contribution in [0.3, 0.4) is 0 Å². The Kier molecular flexibility index (Phi) is 4.49. The molecule has 1 aliphatic rings. The molecule has 0 atom stereocenters. The van der Waals surface area contributed by atoms with Crippen molar-refractivity contribution >= 4 is 5.95 Å². The van der Waals surface area contributed by atoms with Gasteiger partial charge >= 0.3 is 0 Å². The van der Waals surface area contributed by atoms with Gasteiger partial charge in [-0.2, -0.15) is 0 Å². The molecule has 1 aliphatic heterocycles. The Morgan fingerprint density at radius 1 is 1.28 bits per heavy atom. The van der Waals surface area contributed by atoms with Crippen molar-refractivity contribution in [1.82, 2.24) is 20.2 Å². The van der Waals surface area contributed by atoms with Gasteiger partial charge in [0.05, 0.1) is 0 Å². The average Bonchev–Trinajstić information content (AvgIpc) is 2.57. The topological polar surface area (TPSA) is 44.3 Å². The minimum atomic E-state index is 0.828. The van der Waals surface area contributed by atoms with Crippen LogP contribution in [0, 0.1) is 6.92 Å².